The summed E-state index contributed by atoms with van der Waals surface area (Å²) in [6.07, 6.45) is 1.82. The second-order valence-corrected chi connectivity index (χ2v) is 6.39. The molecular formula is C17H14ClF2N5O. The summed E-state index contributed by atoms with van der Waals surface area (Å²) in [6.45, 7) is 1.87. The lowest BCUT2D eigenvalue weighted by atomic mass is 10.1. The summed E-state index contributed by atoms with van der Waals surface area (Å²) in [5.41, 5.74) is 0.577. The van der Waals surface area contributed by atoms with Crippen LogP contribution < -0.4 is 4.90 Å². The highest BCUT2D eigenvalue weighted by Gasteiger charge is 2.25. The molecule has 0 spiro atoms. The molecule has 2 aromatic heterocycles. The van der Waals surface area contributed by atoms with Crippen molar-refractivity contribution in [2.45, 2.75) is 0 Å². The van der Waals surface area contributed by atoms with E-state index in [0.717, 1.165) is 18.2 Å². The van der Waals surface area contributed by atoms with Crippen LogP contribution in [0.1, 0.15) is 10.4 Å². The summed E-state index contributed by atoms with van der Waals surface area (Å²) >= 11 is 6.11. The van der Waals surface area contributed by atoms with Crippen molar-refractivity contribution < 1.29 is 13.6 Å². The van der Waals surface area contributed by atoms with Gasteiger partial charge >= 0.3 is 0 Å². The highest BCUT2D eigenvalue weighted by atomic mass is 35.5. The van der Waals surface area contributed by atoms with E-state index in [9.17, 15) is 13.6 Å². The molecule has 1 aromatic carbocycles. The fourth-order valence-electron chi connectivity index (χ4n) is 3.06. The number of rotatable bonds is 2. The Hall–Kier alpha value is -2.74. The van der Waals surface area contributed by atoms with Gasteiger partial charge in [0.2, 0.25) is 5.95 Å². The van der Waals surface area contributed by atoms with Crippen molar-refractivity contribution in [3.63, 3.8) is 0 Å². The number of amides is 1. The summed E-state index contributed by atoms with van der Waals surface area (Å²) in [7, 11) is 0. The van der Waals surface area contributed by atoms with Crippen molar-refractivity contribution in [3.8, 4) is 0 Å². The van der Waals surface area contributed by atoms with Crippen molar-refractivity contribution in [2.75, 3.05) is 31.1 Å². The molecule has 3 aromatic rings. The van der Waals surface area contributed by atoms with Crippen LogP contribution in [-0.2, 0) is 0 Å². The molecule has 9 heteroatoms. The Kier molecular flexibility index (Phi) is 4.20. The van der Waals surface area contributed by atoms with E-state index >= 15 is 0 Å². The highest BCUT2D eigenvalue weighted by Crippen LogP contribution is 2.21. The molecule has 0 aliphatic carbocycles. The summed E-state index contributed by atoms with van der Waals surface area (Å²) in [6, 6.07) is 6.39. The molecular weight excluding hydrogens is 364 g/mol. The first-order valence-electron chi connectivity index (χ1n) is 8.02. The largest absolute Gasteiger partial charge is 0.337 e. The Morgan fingerprint density at radius 1 is 1.04 bits per heavy atom. The normalized spacial score (nSPS) is 14.9. The smallest absolute Gasteiger partial charge is 0.254 e. The van der Waals surface area contributed by atoms with Crippen molar-refractivity contribution in [3.05, 3.63) is 58.7 Å². The first-order valence-corrected chi connectivity index (χ1v) is 8.40. The lowest BCUT2D eigenvalue weighted by molar-refractivity contribution is 0.0745. The van der Waals surface area contributed by atoms with Gasteiger partial charge in [0.1, 0.15) is 11.6 Å². The van der Waals surface area contributed by atoms with Gasteiger partial charge in [-0.2, -0.15) is 0 Å². The van der Waals surface area contributed by atoms with Crippen LogP contribution in [0.25, 0.3) is 5.65 Å². The van der Waals surface area contributed by atoms with E-state index < -0.39 is 17.5 Å². The highest BCUT2D eigenvalue weighted by molar-refractivity contribution is 6.33. The molecule has 0 bridgehead atoms. The third kappa shape index (κ3) is 2.96. The van der Waals surface area contributed by atoms with E-state index in [4.69, 9.17) is 11.6 Å². The maximum atomic E-state index is 13.3. The number of hydrogen-bond acceptors (Lipinski definition) is 4. The molecule has 0 radical (unpaired) electrons. The lowest BCUT2D eigenvalue weighted by Gasteiger charge is -2.34. The molecule has 0 N–H and O–H groups in total. The fraction of sp³-hybridized carbons (Fsp3) is 0.235. The van der Waals surface area contributed by atoms with E-state index in [0.29, 0.717) is 42.8 Å². The minimum absolute atomic E-state index is 0.00987. The molecule has 1 fully saturated rings. The zero-order chi connectivity index (χ0) is 18.3. The first-order chi connectivity index (χ1) is 12.5. The first kappa shape index (κ1) is 16.7. The standard InChI is InChI=1S/C17H14ClF2N5O/c18-14-2-1-3-25-15(14)21-22-17(25)24-6-4-23(5-7-24)16(26)11-8-12(19)10-13(20)9-11/h1-3,8-10H,4-7H2. The van der Waals surface area contributed by atoms with E-state index in [-0.39, 0.29) is 5.56 Å². The van der Waals surface area contributed by atoms with Gasteiger partial charge in [0.15, 0.2) is 5.65 Å². The minimum atomic E-state index is -0.765. The van der Waals surface area contributed by atoms with Gasteiger partial charge in [0, 0.05) is 44.0 Å². The average molecular weight is 378 g/mol. The number of halogens is 3. The quantitative estimate of drug-likeness (QED) is 0.689. The number of pyridine rings is 1. The Labute approximate surface area is 152 Å². The van der Waals surface area contributed by atoms with E-state index in [2.05, 4.69) is 10.2 Å². The van der Waals surface area contributed by atoms with Gasteiger partial charge in [-0.15, -0.1) is 10.2 Å². The third-order valence-electron chi connectivity index (χ3n) is 4.33. The van der Waals surface area contributed by atoms with E-state index in [1.54, 1.807) is 21.4 Å². The van der Waals surface area contributed by atoms with Gasteiger partial charge < -0.3 is 9.80 Å². The number of carbonyl (C=O) groups excluding carboxylic acids is 1. The molecule has 0 unspecified atom stereocenters. The average Bonchev–Trinajstić information content (AvgIpc) is 3.06. The molecule has 0 saturated carbocycles. The number of carbonyl (C=O) groups is 1. The number of aromatic nitrogens is 3. The number of fused-ring (bicyclic) bond motifs is 1. The van der Waals surface area contributed by atoms with Gasteiger partial charge in [-0.1, -0.05) is 11.6 Å². The van der Waals surface area contributed by atoms with Crippen LogP contribution in [0.5, 0.6) is 0 Å². The molecule has 0 atom stereocenters. The van der Waals surface area contributed by atoms with Crippen LogP contribution in [-0.4, -0.2) is 51.6 Å². The molecule has 6 nitrogen and oxygen atoms in total. The number of benzene rings is 1. The summed E-state index contributed by atoms with van der Waals surface area (Å²) in [5, 5.41) is 8.78. The van der Waals surface area contributed by atoms with Gasteiger partial charge in [0.05, 0.1) is 5.02 Å². The Morgan fingerprint density at radius 3 is 2.42 bits per heavy atom. The van der Waals surface area contributed by atoms with Crippen LogP contribution >= 0.6 is 11.6 Å². The van der Waals surface area contributed by atoms with Crippen LogP contribution in [0.3, 0.4) is 0 Å². The molecule has 134 valence electrons. The fourth-order valence-corrected chi connectivity index (χ4v) is 3.26. The summed E-state index contributed by atoms with van der Waals surface area (Å²) in [5.74, 6) is -1.28. The topological polar surface area (TPSA) is 53.7 Å². The van der Waals surface area contributed by atoms with Crippen molar-refractivity contribution >= 4 is 29.1 Å². The van der Waals surface area contributed by atoms with Gasteiger partial charge in [-0.3, -0.25) is 9.20 Å². The third-order valence-corrected chi connectivity index (χ3v) is 4.62. The summed E-state index contributed by atoms with van der Waals surface area (Å²) < 4.78 is 28.5. The van der Waals surface area contributed by atoms with Gasteiger partial charge in [-0.05, 0) is 24.3 Å². The molecule has 26 heavy (non-hydrogen) atoms. The number of piperazine rings is 1. The number of hydrogen-bond donors (Lipinski definition) is 0. The maximum Gasteiger partial charge on any atom is 0.254 e. The Morgan fingerprint density at radius 2 is 1.73 bits per heavy atom. The lowest BCUT2D eigenvalue weighted by Crippen LogP contribution is -2.49. The molecule has 1 aliphatic rings. The summed E-state index contributed by atoms with van der Waals surface area (Å²) in [4.78, 5) is 16.0. The van der Waals surface area contributed by atoms with E-state index in [1.807, 2.05) is 11.1 Å². The minimum Gasteiger partial charge on any atom is -0.337 e. The predicted octanol–water partition coefficient (Wildman–Crippen LogP) is 2.62. The monoisotopic (exact) mass is 377 g/mol. The number of nitrogens with zero attached hydrogens (tertiary/aromatic N) is 5. The second kappa shape index (κ2) is 6.53. The van der Waals surface area contributed by atoms with E-state index in [1.165, 1.54) is 0 Å². The molecule has 1 amide bonds. The van der Waals surface area contributed by atoms with Gasteiger partial charge in [-0.25, -0.2) is 8.78 Å². The van der Waals surface area contributed by atoms with Crippen LogP contribution in [0.15, 0.2) is 36.5 Å². The zero-order valence-electron chi connectivity index (χ0n) is 13.6. The van der Waals surface area contributed by atoms with Crippen LogP contribution in [0.2, 0.25) is 5.02 Å². The molecule has 1 aliphatic heterocycles. The Bertz CT molecular complexity index is 964. The van der Waals surface area contributed by atoms with Crippen molar-refractivity contribution in [2.24, 2.45) is 0 Å². The second-order valence-electron chi connectivity index (χ2n) is 5.99. The molecule has 3 heterocycles. The maximum absolute atomic E-state index is 13.3. The number of anilines is 1. The Balaban J connectivity index is 1.50. The van der Waals surface area contributed by atoms with Crippen molar-refractivity contribution in [1.82, 2.24) is 19.5 Å². The van der Waals surface area contributed by atoms with Crippen molar-refractivity contribution in [1.29, 1.82) is 0 Å². The zero-order valence-corrected chi connectivity index (χ0v) is 14.3. The van der Waals surface area contributed by atoms with Gasteiger partial charge in [0.25, 0.3) is 5.91 Å². The SMILES string of the molecule is O=C(c1cc(F)cc(F)c1)N1CCN(c2nnc3c(Cl)cccn23)CC1. The molecule has 1 saturated heterocycles. The predicted molar refractivity (Wildman–Crippen MR) is 92.5 cm³/mol. The van der Waals surface area contributed by atoms with Crippen LogP contribution in [0.4, 0.5) is 14.7 Å². The molecule has 4 rings (SSSR count). The van der Waals surface area contributed by atoms with Crippen LogP contribution in [0, 0.1) is 11.6 Å².